The Hall–Kier alpha value is -3.25. The van der Waals surface area contributed by atoms with Gasteiger partial charge in [-0.3, -0.25) is 4.79 Å². The van der Waals surface area contributed by atoms with Crippen molar-refractivity contribution in [2.24, 2.45) is 5.10 Å². The molecule has 2 aliphatic rings. The van der Waals surface area contributed by atoms with Gasteiger partial charge in [0.25, 0.3) is 10.0 Å². The Bertz CT molecular complexity index is 1280. The molecule has 0 saturated heterocycles. The van der Waals surface area contributed by atoms with Gasteiger partial charge in [0.1, 0.15) is 5.54 Å². The number of aryl methyl sites for hydroxylation is 1. The second-order valence-corrected chi connectivity index (χ2v) is 9.61. The first-order chi connectivity index (χ1) is 14.4. The van der Waals surface area contributed by atoms with Crippen LogP contribution in [0.1, 0.15) is 33.5 Å². The lowest BCUT2D eigenvalue weighted by Crippen LogP contribution is -2.50. The molecule has 6 heteroatoms. The van der Waals surface area contributed by atoms with Crippen LogP contribution in [0.2, 0.25) is 0 Å². The van der Waals surface area contributed by atoms with E-state index in [4.69, 9.17) is 0 Å². The molecule has 1 aliphatic carbocycles. The molecule has 0 bridgehead atoms. The topological polar surface area (TPSA) is 66.8 Å². The molecule has 0 aromatic heterocycles. The number of carbonyl (C=O) groups is 1. The second kappa shape index (κ2) is 6.64. The number of fused-ring (bicyclic) bond motifs is 1. The fourth-order valence-electron chi connectivity index (χ4n) is 4.31. The van der Waals surface area contributed by atoms with Crippen molar-refractivity contribution in [3.05, 3.63) is 101 Å². The first-order valence-electron chi connectivity index (χ1n) is 9.79. The number of Topliss-reactive ketones (excluding diaryl/α,β-unsaturated/α-hetero) is 1. The number of benzene rings is 3. The Morgan fingerprint density at radius 3 is 2.23 bits per heavy atom. The summed E-state index contributed by atoms with van der Waals surface area (Å²) in [5, 5.41) is 4.54. The maximum atomic E-state index is 13.6. The van der Waals surface area contributed by atoms with E-state index in [1.165, 1.54) is 0 Å². The summed E-state index contributed by atoms with van der Waals surface area (Å²) >= 11 is 0. The molecule has 5 rings (SSSR count). The molecule has 30 heavy (non-hydrogen) atoms. The van der Waals surface area contributed by atoms with Crippen LogP contribution in [0.15, 0.2) is 88.9 Å². The summed E-state index contributed by atoms with van der Waals surface area (Å²) < 4.78 is 28.4. The maximum Gasteiger partial charge on any atom is 0.279 e. The lowest BCUT2D eigenvalue weighted by atomic mass is 9.88. The molecule has 0 N–H and O–H groups in total. The molecule has 5 nitrogen and oxygen atoms in total. The minimum atomic E-state index is -4.01. The van der Waals surface area contributed by atoms with Crippen molar-refractivity contribution < 1.29 is 13.2 Å². The van der Waals surface area contributed by atoms with Crippen molar-refractivity contribution in [2.75, 3.05) is 0 Å². The van der Waals surface area contributed by atoms with Gasteiger partial charge in [-0.15, -0.1) is 0 Å². The van der Waals surface area contributed by atoms with Crippen LogP contribution in [0, 0.1) is 6.92 Å². The monoisotopic (exact) mass is 416 g/mol. The summed E-state index contributed by atoms with van der Waals surface area (Å²) in [6, 6.07) is 23.4. The molecule has 1 heterocycles. The van der Waals surface area contributed by atoms with Crippen molar-refractivity contribution in [3.63, 3.8) is 0 Å². The highest BCUT2D eigenvalue weighted by Gasteiger charge is 2.58. The third-order valence-corrected chi connectivity index (χ3v) is 7.61. The van der Waals surface area contributed by atoms with Crippen LogP contribution >= 0.6 is 0 Å². The third-order valence-electron chi connectivity index (χ3n) is 5.86. The van der Waals surface area contributed by atoms with Gasteiger partial charge in [-0.25, -0.2) is 0 Å². The zero-order chi connectivity index (χ0) is 20.9. The van der Waals surface area contributed by atoms with Gasteiger partial charge in [-0.1, -0.05) is 72.3 Å². The van der Waals surface area contributed by atoms with Crippen LogP contribution in [0.5, 0.6) is 0 Å². The Kier molecular flexibility index (Phi) is 4.15. The van der Waals surface area contributed by atoms with E-state index in [1.807, 2.05) is 55.5 Å². The van der Waals surface area contributed by atoms with Gasteiger partial charge in [0, 0.05) is 18.4 Å². The van der Waals surface area contributed by atoms with Crippen molar-refractivity contribution in [1.82, 2.24) is 4.41 Å². The third kappa shape index (κ3) is 2.71. The van der Waals surface area contributed by atoms with E-state index in [9.17, 15) is 13.2 Å². The maximum absolute atomic E-state index is 13.6. The first-order valence-corrected chi connectivity index (χ1v) is 11.2. The SMILES string of the molecule is Cc1ccc(S(=O)(=O)N2N=C(c3ccccc3)C[C@@]23Cc2ccccc2C3=O)cc1. The van der Waals surface area contributed by atoms with E-state index in [-0.39, 0.29) is 17.1 Å². The van der Waals surface area contributed by atoms with Crippen LogP contribution in [0.3, 0.4) is 0 Å². The summed E-state index contributed by atoms with van der Waals surface area (Å²) in [4.78, 5) is 13.7. The molecule has 1 aliphatic heterocycles. The normalized spacial score (nSPS) is 20.5. The minimum Gasteiger partial charge on any atom is -0.291 e. The quantitative estimate of drug-likeness (QED) is 0.649. The zero-order valence-corrected chi connectivity index (χ0v) is 17.3. The molecule has 150 valence electrons. The fraction of sp³-hybridized carbons (Fsp3) is 0.167. The minimum absolute atomic E-state index is 0.134. The van der Waals surface area contributed by atoms with Gasteiger partial charge in [-0.05, 0) is 30.2 Å². The summed E-state index contributed by atoms with van der Waals surface area (Å²) in [6.45, 7) is 1.90. The van der Waals surface area contributed by atoms with E-state index in [2.05, 4.69) is 5.10 Å². The number of hydrazone groups is 1. The average Bonchev–Trinajstić information content (AvgIpc) is 3.28. The summed E-state index contributed by atoms with van der Waals surface area (Å²) in [7, 11) is -4.01. The van der Waals surface area contributed by atoms with Crippen molar-refractivity contribution in [3.8, 4) is 0 Å². The molecule has 3 aromatic carbocycles. The fourth-order valence-corrected chi connectivity index (χ4v) is 5.87. The molecule has 0 saturated carbocycles. The van der Waals surface area contributed by atoms with E-state index in [0.29, 0.717) is 17.7 Å². The molecule has 0 amide bonds. The molecular formula is C24H20N2O3S. The van der Waals surface area contributed by atoms with Crippen molar-refractivity contribution >= 4 is 21.5 Å². The van der Waals surface area contributed by atoms with E-state index in [1.54, 1.807) is 30.3 Å². The molecule has 1 atom stereocenters. The highest BCUT2D eigenvalue weighted by molar-refractivity contribution is 7.89. The van der Waals surface area contributed by atoms with Crippen LogP contribution in [0.4, 0.5) is 0 Å². The highest BCUT2D eigenvalue weighted by atomic mass is 32.2. The Labute approximate surface area is 175 Å². The lowest BCUT2D eigenvalue weighted by molar-refractivity contribution is 0.0805. The molecule has 0 unspecified atom stereocenters. The standard InChI is InChI=1S/C24H20N2O3S/c1-17-11-13-20(14-12-17)30(28,29)26-24(15-19-9-5-6-10-21(19)23(24)27)16-22(25-26)18-7-3-2-4-8-18/h2-14H,15-16H2,1H3/t24-/m1/s1. The average molecular weight is 417 g/mol. The number of rotatable bonds is 3. The summed E-state index contributed by atoms with van der Waals surface area (Å²) in [5.41, 5.74) is 2.55. The largest absolute Gasteiger partial charge is 0.291 e. The van der Waals surface area contributed by atoms with E-state index >= 15 is 0 Å². The van der Waals surface area contributed by atoms with Gasteiger partial charge in [-0.2, -0.15) is 17.9 Å². The number of sulfonamides is 1. The number of nitrogens with zero attached hydrogens (tertiary/aromatic N) is 2. The predicted octanol–water partition coefficient (Wildman–Crippen LogP) is 3.97. The van der Waals surface area contributed by atoms with Gasteiger partial charge in [0.05, 0.1) is 10.6 Å². The smallest absolute Gasteiger partial charge is 0.279 e. The van der Waals surface area contributed by atoms with Gasteiger partial charge in [0.15, 0.2) is 5.78 Å². The number of ketones is 1. The summed E-state index contributed by atoms with van der Waals surface area (Å²) in [6.07, 6.45) is 0.558. The van der Waals surface area contributed by atoms with Crippen LogP contribution < -0.4 is 0 Å². The van der Waals surface area contributed by atoms with Gasteiger partial charge < -0.3 is 0 Å². The Morgan fingerprint density at radius 1 is 0.867 bits per heavy atom. The number of hydrogen-bond donors (Lipinski definition) is 0. The molecular weight excluding hydrogens is 396 g/mol. The van der Waals surface area contributed by atoms with Crippen LogP contribution in [-0.2, 0) is 16.4 Å². The van der Waals surface area contributed by atoms with Gasteiger partial charge in [0.2, 0.25) is 0 Å². The van der Waals surface area contributed by atoms with Gasteiger partial charge >= 0.3 is 0 Å². The molecule has 0 fully saturated rings. The Morgan fingerprint density at radius 2 is 1.53 bits per heavy atom. The molecule has 3 aromatic rings. The molecule has 1 spiro atoms. The zero-order valence-electron chi connectivity index (χ0n) is 16.4. The first kappa shape index (κ1) is 18.8. The van der Waals surface area contributed by atoms with Crippen molar-refractivity contribution in [2.45, 2.75) is 30.2 Å². The summed E-state index contributed by atoms with van der Waals surface area (Å²) in [5.74, 6) is -0.191. The van der Waals surface area contributed by atoms with E-state index in [0.717, 1.165) is 21.1 Å². The second-order valence-electron chi connectivity index (χ2n) is 7.85. The number of carbonyl (C=O) groups excluding carboxylic acids is 1. The highest BCUT2D eigenvalue weighted by Crippen LogP contribution is 2.44. The van der Waals surface area contributed by atoms with Crippen LogP contribution in [-0.4, -0.2) is 29.9 Å². The predicted molar refractivity (Wildman–Crippen MR) is 115 cm³/mol. The molecule has 0 radical (unpaired) electrons. The number of hydrogen-bond acceptors (Lipinski definition) is 4. The van der Waals surface area contributed by atoms with Crippen molar-refractivity contribution in [1.29, 1.82) is 0 Å². The van der Waals surface area contributed by atoms with Crippen LogP contribution in [0.25, 0.3) is 0 Å². The van der Waals surface area contributed by atoms with E-state index < -0.39 is 15.6 Å². The lowest BCUT2D eigenvalue weighted by Gasteiger charge is -2.31. The Balaban J connectivity index is 1.67.